The molecule has 1 rings (SSSR count). The number of aliphatic hydroxyl groups excluding tert-OH is 1. The SMILES string of the molecule is CC(C)(C)[Si](C)(C)OC[C@@H]1OC(CO)O[C@H]1CO[Si](C)(C)C(C)(C)C. The van der Waals surface area contributed by atoms with Crippen molar-refractivity contribution in [2.45, 2.75) is 96.3 Å². The second-order valence-corrected chi connectivity index (χ2v) is 19.7. The van der Waals surface area contributed by atoms with Crippen LogP contribution in [0.4, 0.5) is 0 Å². The Bertz CT molecular complexity index is 388. The molecule has 0 amide bonds. The number of hydrogen-bond donors (Lipinski definition) is 1. The summed E-state index contributed by atoms with van der Waals surface area (Å²) in [6, 6.07) is 0. The number of aliphatic hydroxyl groups is 1. The van der Waals surface area contributed by atoms with Gasteiger partial charge in [-0.2, -0.15) is 0 Å². The highest BCUT2D eigenvalue weighted by Gasteiger charge is 2.43. The second-order valence-electron chi connectivity index (χ2n) is 10.1. The van der Waals surface area contributed by atoms with Gasteiger partial charge in [0.15, 0.2) is 22.9 Å². The molecule has 25 heavy (non-hydrogen) atoms. The van der Waals surface area contributed by atoms with E-state index in [0.717, 1.165) is 0 Å². The maximum absolute atomic E-state index is 9.40. The van der Waals surface area contributed by atoms with Crippen LogP contribution in [0.5, 0.6) is 0 Å². The van der Waals surface area contributed by atoms with Gasteiger partial charge in [-0.25, -0.2) is 0 Å². The fourth-order valence-corrected chi connectivity index (χ4v) is 4.02. The molecule has 0 unspecified atom stereocenters. The first-order valence-electron chi connectivity index (χ1n) is 9.30. The van der Waals surface area contributed by atoms with E-state index in [1.807, 2.05) is 0 Å². The maximum atomic E-state index is 9.40. The van der Waals surface area contributed by atoms with Crippen LogP contribution in [-0.2, 0) is 18.3 Å². The van der Waals surface area contributed by atoms with E-state index in [1.165, 1.54) is 0 Å². The fraction of sp³-hybridized carbons (Fsp3) is 1.00. The van der Waals surface area contributed by atoms with Crippen LogP contribution in [0.15, 0.2) is 0 Å². The van der Waals surface area contributed by atoms with Crippen molar-refractivity contribution < 1.29 is 23.4 Å². The molecule has 0 bridgehead atoms. The van der Waals surface area contributed by atoms with Gasteiger partial charge in [0, 0.05) is 0 Å². The zero-order valence-corrected chi connectivity index (χ0v) is 19.9. The van der Waals surface area contributed by atoms with E-state index in [2.05, 4.69) is 67.7 Å². The molecule has 150 valence electrons. The summed E-state index contributed by atoms with van der Waals surface area (Å²) in [6.45, 7) is 23.1. The predicted octanol–water partition coefficient (Wildman–Crippen LogP) is 4.13. The number of ether oxygens (including phenoxy) is 2. The topological polar surface area (TPSA) is 57.2 Å². The van der Waals surface area contributed by atoms with Crippen molar-refractivity contribution in [2.24, 2.45) is 0 Å². The minimum atomic E-state index is -1.85. The summed E-state index contributed by atoms with van der Waals surface area (Å²) in [5, 5.41) is 9.70. The van der Waals surface area contributed by atoms with E-state index in [0.29, 0.717) is 13.2 Å². The summed E-state index contributed by atoms with van der Waals surface area (Å²) < 4.78 is 24.3. The molecule has 0 aliphatic carbocycles. The van der Waals surface area contributed by atoms with Gasteiger partial charge in [-0.05, 0) is 36.3 Å². The largest absolute Gasteiger partial charge is 0.414 e. The van der Waals surface area contributed by atoms with E-state index >= 15 is 0 Å². The second kappa shape index (κ2) is 8.08. The van der Waals surface area contributed by atoms with Gasteiger partial charge in [0.1, 0.15) is 12.2 Å². The van der Waals surface area contributed by atoms with Gasteiger partial charge in [-0.15, -0.1) is 0 Å². The van der Waals surface area contributed by atoms with Gasteiger partial charge in [0.25, 0.3) is 0 Å². The molecule has 1 N–H and O–H groups in total. The average Bonchev–Trinajstić information content (AvgIpc) is 2.83. The Hall–Kier alpha value is 0.234. The first-order valence-corrected chi connectivity index (χ1v) is 15.1. The van der Waals surface area contributed by atoms with Crippen molar-refractivity contribution in [3.8, 4) is 0 Å². The van der Waals surface area contributed by atoms with Crippen molar-refractivity contribution in [3.63, 3.8) is 0 Å². The maximum Gasteiger partial charge on any atom is 0.192 e. The van der Waals surface area contributed by atoms with Crippen LogP contribution in [-0.4, -0.2) is 60.1 Å². The lowest BCUT2D eigenvalue weighted by molar-refractivity contribution is -0.101. The van der Waals surface area contributed by atoms with Gasteiger partial charge >= 0.3 is 0 Å². The highest BCUT2D eigenvalue weighted by molar-refractivity contribution is 6.74. The van der Waals surface area contributed by atoms with Crippen molar-refractivity contribution in [1.82, 2.24) is 0 Å². The third-order valence-corrected chi connectivity index (χ3v) is 15.0. The summed E-state index contributed by atoms with van der Waals surface area (Å²) >= 11 is 0. The van der Waals surface area contributed by atoms with Crippen LogP contribution in [0.3, 0.4) is 0 Å². The van der Waals surface area contributed by atoms with Crippen LogP contribution >= 0.6 is 0 Å². The lowest BCUT2D eigenvalue weighted by Crippen LogP contribution is -2.46. The lowest BCUT2D eigenvalue weighted by atomic mass is 10.2. The summed E-state index contributed by atoms with van der Waals surface area (Å²) in [7, 11) is -3.71. The van der Waals surface area contributed by atoms with E-state index < -0.39 is 22.9 Å². The molecule has 2 atom stereocenters. The Kier molecular flexibility index (Phi) is 7.52. The first-order chi connectivity index (χ1) is 11.1. The molecule has 0 saturated carbocycles. The molecular formula is C18H40O5Si2. The summed E-state index contributed by atoms with van der Waals surface area (Å²) in [6.07, 6.45) is -0.979. The predicted molar refractivity (Wildman–Crippen MR) is 107 cm³/mol. The summed E-state index contributed by atoms with van der Waals surface area (Å²) in [4.78, 5) is 0. The molecule has 1 heterocycles. The molecular weight excluding hydrogens is 352 g/mol. The van der Waals surface area contributed by atoms with Gasteiger partial charge in [-0.3, -0.25) is 0 Å². The molecule has 0 radical (unpaired) electrons. The summed E-state index contributed by atoms with van der Waals surface area (Å²) in [5.41, 5.74) is 0. The zero-order chi connectivity index (χ0) is 19.7. The molecule has 0 spiro atoms. The van der Waals surface area contributed by atoms with Crippen LogP contribution in [0.1, 0.15) is 41.5 Å². The van der Waals surface area contributed by atoms with Crippen molar-refractivity contribution >= 4 is 16.6 Å². The van der Waals surface area contributed by atoms with Crippen molar-refractivity contribution in [1.29, 1.82) is 0 Å². The zero-order valence-electron chi connectivity index (χ0n) is 17.9. The fourth-order valence-electron chi connectivity index (χ4n) is 1.99. The van der Waals surface area contributed by atoms with Gasteiger partial charge < -0.3 is 23.4 Å². The molecule has 1 aliphatic rings. The quantitative estimate of drug-likeness (QED) is 0.660. The monoisotopic (exact) mass is 392 g/mol. The Balaban J connectivity index is 2.70. The Labute approximate surface area is 156 Å². The molecule has 0 aromatic heterocycles. The van der Waals surface area contributed by atoms with Crippen LogP contribution in [0.2, 0.25) is 36.3 Å². The highest BCUT2D eigenvalue weighted by Crippen LogP contribution is 2.38. The Morgan fingerprint density at radius 2 is 1.08 bits per heavy atom. The van der Waals surface area contributed by atoms with Crippen LogP contribution in [0.25, 0.3) is 0 Å². The minimum Gasteiger partial charge on any atom is -0.414 e. The Morgan fingerprint density at radius 3 is 1.32 bits per heavy atom. The summed E-state index contributed by atoms with van der Waals surface area (Å²) in [5.74, 6) is 0. The molecule has 7 heteroatoms. The molecule has 0 aromatic rings. The van der Waals surface area contributed by atoms with Gasteiger partial charge in [0.05, 0.1) is 19.8 Å². The molecule has 1 saturated heterocycles. The van der Waals surface area contributed by atoms with E-state index in [4.69, 9.17) is 18.3 Å². The first kappa shape index (κ1) is 23.3. The number of rotatable bonds is 7. The standard InChI is InChI=1S/C18H40O5Si2/c1-17(2,3)24(7,8)20-12-14-15(23-16(11-19)22-14)13-21-25(9,10)18(4,5)6/h14-16,19H,11-13H2,1-10H3/t14-,15-/m0/s1. The van der Waals surface area contributed by atoms with Gasteiger partial charge in [-0.1, -0.05) is 41.5 Å². The average molecular weight is 393 g/mol. The number of hydrogen-bond acceptors (Lipinski definition) is 5. The van der Waals surface area contributed by atoms with Crippen LogP contribution in [0, 0.1) is 0 Å². The van der Waals surface area contributed by atoms with Gasteiger partial charge in [0.2, 0.25) is 0 Å². The molecule has 0 aromatic carbocycles. The lowest BCUT2D eigenvalue weighted by Gasteiger charge is -2.38. The highest BCUT2D eigenvalue weighted by atomic mass is 28.4. The molecule has 5 nitrogen and oxygen atoms in total. The third kappa shape index (κ3) is 6.12. The van der Waals surface area contributed by atoms with Crippen molar-refractivity contribution in [3.05, 3.63) is 0 Å². The minimum absolute atomic E-state index is 0.146. The van der Waals surface area contributed by atoms with E-state index in [-0.39, 0.29) is 28.9 Å². The third-order valence-electron chi connectivity index (χ3n) is 6.05. The Morgan fingerprint density at radius 1 is 0.760 bits per heavy atom. The smallest absolute Gasteiger partial charge is 0.192 e. The van der Waals surface area contributed by atoms with Crippen LogP contribution < -0.4 is 0 Å². The van der Waals surface area contributed by atoms with E-state index in [9.17, 15) is 5.11 Å². The molecule has 1 aliphatic heterocycles. The van der Waals surface area contributed by atoms with E-state index in [1.54, 1.807) is 0 Å². The molecule has 1 fully saturated rings. The van der Waals surface area contributed by atoms with Crippen molar-refractivity contribution in [2.75, 3.05) is 19.8 Å². The normalized spacial score (nSPS) is 24.1.